The molecule has 0 aromatic rings. The van der Waals surface area contributed by atoms with E-state index in [9.17, 15) is 4.79 Å². The van der Waals surface area contributed by atoms with E-state index in [1.54, 1.807) is 0 Å². The number of carbonyl (C=O) groups is 1. The first-order valence-corrected chi connectivity index (χ1v) is 3.47. The molecule has 1 atom stereocenters. The molecule has 1 aliphatic rings. The third-order valence-electron chi connectivity index (χ3n) is 1.12. The van der Waals surface area contributed by atoms with Crippen LogP contribution in [0.15, 0.2) is 11.5 Å². The minimum Gasteiger partial charge on any atom is -0.351 e. The Morgan fingerprint density at radius 1 is 1.89 bits per heavy atom. The first-order valence-electron chi connectivity index (χ1n) is 2.64. The van der Waals surface area contributed by atoms with Gasteiger partial charge in [0.05, 0.1) is 6.04 Å². The highest BCUT2D eigenvalue weighted by Gasteiger charge is 2.18. The summed E-state index contributed by atoms with van der Waals surface area (Å²) in [6, 6.07) is -0.231. The number of nitrogens with zero attached hydrogens (tertiary/aromatic N) is 1. The second kappa shape index (κ2) is 2.31. The Kier molecular flexibility index (Phi) is 1.66. The summed E-state index contributed by atoms with van der Waals surface area (Å²) in [4.78, 5) is 10.5. The highest BCUT2D eigenvalue weighted by Crippen LogP contribution is 2.22. The van der Waals surface area contributed by atoms with E-state index in [1.165, 1.54) is 16.3 Å². The third kappa shape index (κ3) is 1.18. The molecule has 0 aliphatic carbocycles. The minimum absolute atomic E-state index is 0.146. The number of urea groups is 1. The van der Waals surface area contributed by atoms with Crippen LogP contribution in [0.2, 0.25) is 0 Å². The number of nitrogens with two attached hydrogens (primary N) is 1. The Bertz CT molecular complexity index is 157. The molecular weight excluding hydrogens is 136 g/mol. The van der Waals surface area contributed by atoms with Crippen molar-refractivity contribution in [2.45, 2.75) is 13.0 Å². The zero-order chi connectivity index (χ0) is 6.85. The van der Waals surface area contributed by atoms with Crippen molar-refractivity contribution >= 4 is 18.0 Å². The van der Waals surface area contributed by atoms with E-state index in [2.05, 4.69) is 0 Å². The molecule has 0 aromatic heterocycles. The van der Waals surface area contributed by atoms with Crippen molar-refractivity contribution in [3.05, 3.63) is 11.5 Å². The van der Waals surface area contributed by atoms with Crippen LogP contribution in [0.25, 0.3) is 0 Å². The number of hydrogen-bond donors (Lipinski definition) is 1. The molecule has 4 heteroatoms. The molecule has 50 valence electrons. The Balaban J connectivity index is 2.55. The molecular formula is C5H8N2OS. The molecule has 0 spiro atoms. The van der Waals surface area contributed by atoms with Crippen LogP contribution < -0.4 is 5.73 Å². The van der Waals surface area contributed by atoms with Gasteiger partial charge in [-0.15, -0.1) is 0 Å². The predicted molar refractivity (Wildman–Crippen MR) is 37.6 cm³/mol. The quantitative estimate of drug-likeness (QED) is 0.514. The Morgan fingerprint density at radius 3 is 2.78 bits per heavy atom. The molecule has 0 bridgehead atoms. The van der Waals surface area contributed by atoms with Crippen molar-refractivity contribution < 1.29 is 4.79 Å². The van der Waals surface area contributed by atoms with E-state index in [4.69, 9.17) is 5.73 Å². The number of primary amides is 1. The average molecular weight is 144 g/mol. The molecule has 2 N–H and O–H groups in total. The molecule has 1 aliphatic heterocycles. The molecule has 0 saturated carbocycles. The van der Waals surface area contributed by atoms with Gasteiger partial charge >= 0.3 is 6.03 Å². The van der Waals surface area contributed by atoms with E-state index < -0.39 is 0 Å². The largest absolute Gasteiger partial charge is 0.351 e. The second-order valence-corrected chi connectivity index (χ2v) is 2.71. The van der Waals surface area contributed by atoms with Crippen molar-refractivity contribution in [1.29, 1.82) is 0 Å². The lowest BCUT2D eigenvalue weighted by atomic mass is 10.3. The maximum Gasteiger partial charge on any atom is 0.325 e. The van der Waals surface area contributed by atoms with Crippen molar-refractivity contribution in [3.63, 3.8) is 0 Å². The zero-order valence-electron chi connectivity index (χ0n) is 5.07. The van der Waals surface area contributed by atoms with Crippen LogP contribution in [0.3, 0.4) is 0 Å². The van der Waals surface area contributed by atoms with Crippen LogP contribution in [0.4, 0.5) is 4.79 Å². The minimum atomic E-state index is -0.377. The van der Waals surface area contributed by atoms with Crippen molar-refractivity contribution in [2.24, 2.45) is 5.73 Å². The summed E-state index contributed by atoms with van der Waals surface area (Å²) in [6.07, 6.45) is 1.93. The van der Waals surface area contributed by atoms with E-state index >= 15 is 0 Å². The molecule has 0 aromatic carbocycles. The lowest BCUT2D eigenvalue weighted by Crippen LogP contribution is -2.33. The fraction of sp³-hybridized carbons (Fsp3) is 0.400. The number of carbonyl (C=O) groups excluding carboxylic acids is 1. The molecule has 0 saturated heterocycles. The van der Waals surface area contributed by atoms with E-state index in [1.807, 2.05) is 18.4 Å². The number of rotatable bonds is 0. The van der Waals surface area contributed by atoms with E-state index in [-0.39, 0.29) is 12.1 Å². The van der Waals surface area contributed by atoms with Crippen LogP contribution >= 0.6 is 11.9 Å². The summed E-state index contributed by atoms with van der Waals surface area (Å²) in [5.74, 6) is 0. The molecule has 2 amide bonds. The van der Waals surface area contributed by atoms with Gasteiger partial charge in [0.1, 0.15) is 0 Å². The summed E-state index contributed by atoms with van der Waals surface area (Å²) in [7, 11) is 0. The highest BCUT2D eigenvalue weighted by atomic mass is 32.2. The third-order valence-corrected chi connectivity index (χ3v) is 2.14. The number of amides is 2. The monoisotopic (exact) mass is 144 g/mol. The summed E-state index contributed by atoms with van der Waals surface area (Å²) in [5, 5.41) is 1.86. The van der Waals surface area contributed by atoms with Gasteiger partial charge in [-0.05, 0) is 24.3 Å². The van der Waals surface area contributed by atoms with E-state index in [0.29, 0.717) is 0 Å². The van der Waals surface area contributed by atoms with Crippen molar-refractivity contribution in [3.8, 4) is 0 Å². The lowest BCUT2D eigenvalue weighted by molar-refractivity contribution is 0.232. The van der Waals surface area contributed by atoms with Gasteiger partial charge < -0.3 is 5.73 Å². The smallest absolute Gasteiger partial charge is 0.325 e. The molecule has 9 heavy (non-hydrogen) atoms. The van der Waals surface area contributed by atoms with Gasteiger partial charge in [-0.25, -0.2) is 4.79 Å². The summed E-state index contributed by atoms with van der Waals surface area (Å²) < 4.78 is 1.51. The first-order chi connectivity index (χ1) is 4.22. The van der Waals surface area contributed by atoms with Gasteiger partial charge in [0, 0.05) is 0 Å². The van der Waals surface area contributed by atoms with Crippen LogP contribution in [0, 0.1) is 0 Å². The molecule has 1 heterocycles. The second-order valence-electron chi connectivity index (χ2n) is 1.84. The fourth-order valence-electron chi connectivity index (χ4n) is 0.641. The maximum atomic E-state index is 10.5. The van der Waals surface area contributed by atoms with Crippen LogP contribution in [-0.2, 0) is 0 Å². The van der Waals surface area contributed by atoms with Gasteiger partial charge in [-0.3, -0.25) is 4.31 Å². The number of hydrogen-bond acceptors (Lipinski definition) is 2. The fourth-order valence-corrected chi connectivity index (χ4v) is 1.44. The molecule has 3 nitrogen and oxygen atoms in total. The molecule has 0 radical (unpaired) electrons. The van der Waals surface area contributed by atoms with Gasteiger partial charge in [0.25, 0.3) is 0 Å². The normalized spacial score (nSPS) is 25.0. The van der Waals surface area contributed by atoms with Crippen LogP contribution in [-0.4, -0.2) is 16.4 Å². The Morgan fingerprint density at radius 2 is 2.56 bits per heavy atom. The summed E-state index contributed by atoms with van der Waals surface area (Å²) >= 11 is 1.34. The molecule has 1 rings (SSSR count). The van der Waals surface area contributed by atoms with Gasteiger partial charge in [-0.1, -0.05) is 6.08 Å². The van der Waals surface area contributed by atoms with Crippen molar-refractivity contribution in [2.75, 3.05) is 0 Å². The zero-order valence-corrected chi connectivity index (χ0v) is 5.89. The topological polar surface area (TPSA) is 46.3 Å². The van der Waals surface area contributed by atoms with Crippen LogP contribution in [0.5, 0.6) is 0 Å². The Hall–Kier alpha value is -0.640. The predicted octanol–water partition coefficient (Wildman–Crippen LogP) is 0.931. The Labute approximate surface area is 58.0 Å². The van der Waals surface area contributed by atoms with Gasteiger partial charge in [0.15, 0.2) is 0 Å². The average Bonchev–Trinajstić information content (AvgIpc) is 2.13. The van der Waals surface area contributed by atoms with E-state index in [0.717, 1.165) is 0 Å². The standard InChI is InChI=1S/C5H8N2OS/c1-4-2-3-9-7(4)5(6)8/h2-4H,1H3,(H2,6,8). The SMILES string of the molecule is CC1C=CSN1C(N)=O. The summed E-state index contributed by atoms with van der Waals surface area (Å²) in [6.45, 7) is 1.92. The van der Waals surface area contributed by atoms with Crippen LogP contribution in [0.1, 0.15) is 6.92 Å². The van der Waals surface area contributed by atoms with Gasteiger partial charge in [-0.2, -0.15) is 0 Å². The lowest BCUT2D eigenvalue weighted by Gasteiger charge is -2.15. The van der Waals surface area contributed by atoms with Crippen molar-refractivity contribution in [1.82, 2.24) is 4.31 Å². The summed E-state index contributed by atoms with van der Waals surface area (Å²) in [5.41, 5.74) is 5.01. The molecule has 0 fully saturated rings. The molecule has 1 unspecified atom stereocenters. The van der Waals surface area contributed by atoms with Gasteiger partial charge in [0.2, 0.25) is 0 Å². The maximum absolute atomic E-state index is 10.5. The first kappa shape index (κ1) is 6.48. The highest BCUT2D eigenvalue weighted by molar-refractivity contribution is 8.00.